The molecule has 0 atom stereocenters. The van der Waals surface area contributed by atoms with Crippen molar-refractivity contribution in [2.45, 2.75) is 46.2 Å². The maximum absolute atomic E-state index is 4.87. The Bertz CT molecular complexity index is 488. The second-order valence-electron chi connectivity index (χ2n) is 6.46. The van der Waals surface area contributed by atoms with Crippen LogP contribution >= 0.6 is 0 Å². The zero-order valence-electron chi connectivity index (χ0n) is 13.7. The SMILES string of the molecule is CCN1CCN(c2nc(C)cc(C)c2CNC2CC2)CC1. The number of likely N-dealkylation sites (N-methyl/N-ethyl adjacent to an activating group) is 1. The summed E-state index contributed by atoms with van der Waals surface area (Å²) >= 11 is 0. The summed E-state index contributed by atoms with van der Waals surface area (Å²) in [6, 6.07) is 2.96. The lowest BCUT2D eigenvalue weighted by molar-refractivity contribution is 0.270. The summed E-state index contributed by atoms with van der Waals surface area (Å²) in [5, 5.41) is 3.66. The molecule has 1 saturated carbocycles. The molecule has 4 heteroatoms. The molecule has 116 valence electrons. The van der Waals surface area contributed by atoms with Crippen molar-refractivity contribution in [2.75, 3.05) is 37.6 Å². The number of anilines is 1. The maximum atomic E-state index is 4.87. The van der Waals surface area contributed by atoms with Gasteiger partial charge >= 0.3 is 0 Å². The van der Waals surface area contributed by atoms with Crippen molar-refractivity contribution in [3.8, 4) is 0 Å². The average molecular weight is 288 g/mol. The van der Waals surface area contributed by atoms with Gasteiger partial charge < -0.3 is 15.1 Å². The van der Waals surface area contributed by atoms with Crippen LogP contribution in [0.25, 0.3) is 0 Å². The van der Waals surface area contributed by atoms with Crippen LogP contribution in [-0.4, -0.2) is 48.6 Å². The highest BCUT2D eigenvalue weighted by atomic mass is 15.3. The number of aryl methyl sites for hydroxylation is 2. The van der Waals surface area contributed by atoms with Crippen LogP contribution in [0.2, 0.25) is 0 Å². The number of hydrogen-bond donors (Lipinski definition) is 1. The van der Waals surface area contributed by atoms with Gasteiger partial charge in [-0.05, 0) is 44.9 Å². The van der Waals surface area contributed by atoms with Gasteiger partial charge in [0.05, 0.1) is 0 Å². The van der Waals surface area contributed by atoms with E-state index >= 15 is 0 Å². The molecule has 0 aromatic carbocycles. The average Bonchev–Trinajstić information content (AvgIpc) is 3.30. The van der Waals surface area contributed by atoms with Crippen molar-refractivity contribution in [2.24, 2.45) is 0 Å². The van der Waals surface area contributed by atoms with Crippen LogP contribution in [0.5, 0.6) is 0 Å². The summed E-state index contributed by atoms with van der Waals surface area (Å²) in [7, 11) is 0. The molecule has 1 aliphatic carbocycles. The summed E-state index contributed by atoms with van der Waals surface area (Å²) in [5.74, 6) is 1.22. The summed E-state index contributed by atoms with van der Waals surface area (Å²) in [5.41, 5.74) is 3.91. The van der Waals surface area contributed by atoms with Crippen LogP contribution in [0, 0.1) is 13.8 Å². The lowest BCUT2D eigenvalue weighted by Gasteiger charge is -2.36. The molecule has 0 bridgehead atoms. The van der Waals surface area contributed by atoms with Gasteiger partial charge in [-0.2, -0.15) is 0 Å². The zero-order valence-corrected chi connectivity index (χ0v) is 13.7. The van der Waals surface area contributed by atoms with Gasteiger partial charge in [-0.15, -0.1) is 0 Å². The van der Waals surface area contributed by atoms with E-state index in [0.717, 1.165) is 51.0 Å². The van der Waals surface area contributed by atoms with Crippen LogP contribution in [0.3, 0.4) is 0 Å². The fraction of sp³-hybridized carbons (Fsp3) is 0.706. The molecule has 0 amide bonds. The van der Waals surface area contributed by atoms with Gasteiger partial charge in [0.25, 0.3) is 0 Å². The predicted octanol–water partition coefficient (Wildman–Crippen LogP) is 2.09. The van der Waals surface area contributed by atoms with Gasteiger partial charge in [-0.1, -0.05) is 6.92 Å². The van der Waals surface area contributed by atoms with Crippen molar-refractivity contribution >= 4 is 5.82 Å². The van der Waals surface area contributed by atoms with E-state index in [1.54, 1.807) is 0 Å². The summed E-state index contributed by atoms with van der Waals surface area (Å²) < 4.78 is 0. The van der Waals surface area contributed by atoms with Crippen LogP contribution in [-0.2, 0) is 6.54 Å². The highest BCUT2D eigenvalue weighted by molar-refractivity contribution is 5.52. The number of nitrogens with zero attached hydrogens (tertiary/aromatic N) is 3. The zero-order chi connectivity index (χ0) is 14.8. The number of aromatic nitrogens is 1. The van der Waals surface area contributed by atoms with Crippen molar-refractivity contribution in [3.63, 3.8) is 0 Å². The molecule has 1 aromatic heterocycles. The van der Waals surface area contributed by atoms with Crippen LogP contribution < -0.4 is 10.2 Å². The normalized spacial score (nSPS) is 20.0. The molecule has 1 N–H and O–H groups in total. The minimum absolute atomic E-state index is 0.746. The molecular weight excluding hydrogens is 260 g/mol. The third-order valence-electron chi connectivity index (χ3n) is 4.72. The summed E-state index contributed by atoms with van der Waals surface area (Å²) in [6.45, 7) is 13.2. The molecule has 1 aliphatic heterocycles. The Morgan fingerprint density at radius 2 is 1.90 bits per heavy atom. The molecule has 21 heavy (non-hydrogen) atoms. The van der Waals surface area contributed by atoms with E-state index in [2.05, 4.69) is 42.0 Å². The minimum Gasteiger partial charge on any atom is -0.354 e. The van der Waals surface area contributed by atoms with Crippen molar-refractivity contribution in [1.82, 2.24) is 15.2 Å². The number of piperazine rings is 1. The third kappa shape index (κ3) is 3.55. The van der Waals surface area contributed by atoms with Gasteiger partial charge in [-0.3, -0.25) is 0 Å². The molecule has 0 radical (unpaired) electrons. The van der Waals surface area contributed by atoms with Crippen molar-refractivity contribution in [3.05, 3.63) is 22.9 Å². The number of hydrogen-bond acceptors (Lipinski definition) is 4. The Morgan fingerprint density at radius 3 is 2.52 bits per heavy atom. The highest BCUT2D eigenvalue weighted by Crippen LogP contribution is 2.26. The quantitative estimate of drug-likeness (QED) is 0.899. The monoisotopic (exact) mass is 288 g/mol. The van der Waals surface area contributed by atoms with Crippen LogP contribution in [0.1, 0.15) is 36.6 Å². The molecule has 2 fully saturated rings. The minimum atomic E-state index is 0.746. The molecule has 2 heterocycles. The summed E-state index contributed by atoms with van der Waals surface area (Å²) in [4.78, 5) is 9.87. The largest absolute Gasteiger partial charge is 0.354 e. The fourth-order valence-corrected chi connectivity index (χ4v) is 3.13. The standard InChI is InChI=1S/C17H28N4/c1-4-20-7-9-21(10-8-20)17-16(12-18-15-5-6-15)13(2)11-14(3)19-17/h11,15,18H,4-10,12H2,1-3H3. The van der Waals surface area contributed by atoms with Crippen molar-refractivity contribution in [1.29, 1.82) is 0 Å². The Labute approximate surface area is 128 Å². The third-order valence-corrected chi connectivity index (χ3v) is 4.72. The first-order chi connectivity index (χ1) is 10.2. The summed E-state index contributed by atoms with van der Waals surface area (Å²) in [6.07, 6.45) is 2.67. The van der Waals surface area contributed by atoms with E-state index in [4.69, 9.17) is 4.98 Å². The molecule has 3 rings (SSSR count). The molecule has 1 aromatic rings. The number of pyridine rings is 1. The van der Waals surface area contributed by atoms with E-state index in [1.807, 2.05) is 0 Å². The Kier molecular flexibility index (Phi) is 4.45. The van der Waals surface area contributed by atoms with E-state index in [9.17, 15) is 0 Å². The fourth-order valence-electron chi connectivity index (χ4n) is 3.13. The van der Waals surface area contributed by atoms with Gasteiger partial charge in [0.1, 0.15) is 5.82 Å². The van der Waals surface area contributed by atoms with Crippen LogP contribution in [0.4, 0.5) is 5.82 Å². The van der Waals surface area contributed by atoms with Gasteiger partial charge in [-0.25, -0.2) is 4.98 Å². The van der Waals surface area contributed by atoms with Gasteiger partial charge in [0, 0.05) is 50.0 Å². The Balaban J connectivity index is 1.78. The molecule has 0 spiro atoms. The van der Waals surface area contributed by atoms with E-state index in [0.29, 0.717) is 0 Å². The lowest BCUT2D eigenvalue weighted by atomic mass is 10.1. The number of nitrogens with one attached hydrogen (secondary N) is 1. The Hall–Kier alpha value is -1.13. The first-order valence-electron chi connectivity index (χ1n) is 8.35. The highest BCUT2D eigenvalue weighted by Gasteiger charge is 2.24. The molecule has 0 unspecified atom stereocenters. The molecule has 4 nitrogen and oxygen atoms in total. The Morgan fingerprint density at radius 1 is 1.19 bits per heavy atom. The number of rotatable bonds is 5. The molecular formula is C17H28N4. The second kappa shape index (κ2) is 6.32. The van der Waals surface area contributed by atoms with E-state index in [1.165, 1.54) is 29.8 Å². The van der Waals surface area contributed by atoms with Crippen LogP contribution in [0.15, 0.2) is 6.07 Å². The molecule has 2 aliphatic rings. The molecule has 1 saturated heterocycles. The smallest absolute Gasteiger partial charge is 0.133 e. The van der Waals surface area contributed by atoms with Crippen molar-refractivity contribution < 1.29 is 0 Å². The van der Waals surface area contributed by atoms with Gasteiger partial charge in [0.15, 0.2) is 0 Å². The topological polar surface area (TPSA) is 31.4 Å². The van der Waals surface area contributed by atoms with E-state index < -0.39 is 0 Å². The van der Waals surface area contributed by atoms with Gasteiger partial charge in [0.2, 0.25) is 0 Å². The first kappa shape index (κ1) is 14.8. The maximum Gasteiger partial charge on any atom is 0.133 e. The van der Waals surface area contributed by atoms with E-state index in [-0.39, 0.29) is 0 Å². The predicted molar refractivity (Wildman–Crippen MR) is 87.9 cm³/mol. The lowest BCUT2D eigenvalue weighted by Crippen LogP contribution is -2.47. The second-order valence-corrected chi connectivity index (χ2v) is 6.46. The first-order valence-corrected chi connectivity index (χ1v) is 8.35.